The summed E-state index contributed by atoms with van der Waals surface area (Å²) in [4.78, 5) is 0. The minimum atomic E-state index is 0.166. The Kier molecular flexibility index (Phi) is 2.59. The van der Waals surface area contributed by atoms with Crippen molar-refractivity contribution in [2.45, 2.75) is 26.2 Å². The van der Waals surface area contributed by atoms with Gasteiger partial charge >= 0.3 is 0 Å². The molecule has 0 aliphatic carbocycles. The SMILES string of the molecule is CC(C)(C)c1c(Br)ccc2ccccc12. The monoisotopic (exact) mass is 262 g/mol. The van der Waals surface area contributed by atoms with E-state index in [2.05, 4.69) is 73.1 Å². The molecule has 0 N–H and O–H groups in total. The molecule has 15 heavy (non-hydrogen) atoms. The zero-order chi connectivity index (χ0) is 11.1. The van der Waals surface area contributed by atoms with Crippen LogP contribution in [0.15, 0.2) is 40.9 Å². The minimum absolute atomic E-state index is 0.166. The zero-order valence-electron chi connectivity index (χ0n) is 9.34. The lowest BCUT2D eigenvalue weighted by Crippen LogP contribution is -2.12. The van der Waals surface area contributed by atoms with Gasteiger partial charge in [-0.15, -0.1) is 0 Å². The van der Waals surface area contributed by atoms with E-state index in [1.807, 2.05) is 0 Å². The highest BCUT2D eigenvalue weighted by atomic mass is 79.9. The number of hydrogen-bond acceptors (Lipinski definition) is 0. The first-order chi connectivity index (χ1) is 7.00. The third-order valence-corrected chi connectivity index (χ3v) is 3.29. The molecule has 0 nitrogen and oxygen atoms in total. The Hall–Kier alpha value is -0.820. The molecule has 0 unspecified atom stereocenters. The first kappa shape index (κ1) is 10.7. The number of rotatable bonds is 0. The maximum absolute atomic E-state index is 3.65. The largest absolute Gasteiger partial charge is 0.0616 e. The van der Waals surface area contributed by atoms with Gasteiger partial charge in [0.25, 0.3) is 0 Å². The summed E-state index contributed by atoms with van der Waals surface area (Å²) in [5.74, 6) is 0. The standard InChI is InChI=1S/C14H15Br/c1-14(2,3)13-11-7-5-4-6-10(11)8-9-12(13)15/h4-9H,1-3H3. The summed E-state index contributed by atoms with van der Waals surface area (Å²) in [6.07, 6.45) is 0. The van der Waals surface area contributed by atoms with E-state index in [-0.39, 0.29) is 5.41 Å². The van der Waals surface area contributed by atoms with Gasteiger partial charge in [0.05, 0.1) is 0 Å². The van der Waals surface area contributed by atoms with Crippen molar-refractivity contribution in [3.05, 3.63) is 46.4 Å². The normalized spacial score (nSPS) is 12.0. The minimum Gasteiger partial charge on any atom is -0.0616 e. The Morgan fingerprint density at radius 1 is 0.933 bits per heavy atom. The number of fused-ring (bicyclic) bond motifs is 1. The van der Waals surface area contributed by atoms with E-state index in [9.17, 15) is 0 Å². The van der Waals surface area contributed by atoms with Gasteiger partial charge in [-0.2, -0.15) is 0 Å². The van der Waals surface area contributed by atoms with Gasteiger partial charge in [0.2, 0.25) is 0 Å². The molecule has 0 aliphatic rings. The highest BCUT2D eigenvalue weighted by Gasteiger charge is 2.19. The Morgan fingerprint density at radius 2 is 1.60 bits per heavy atom. The fourth-order valence-corrected chi connectivity index (χ4v) is 2.95. The Labute approximate surface area is 99.4 Å². The second kappa shape index (κ2) is 3.64. The Balaban J connectivity index is 2.86. The maximum atomic E-state index is 3.65. The summed E-state index contributed by atoms with van der Waals surface area (Å²) < 4.78 is 1.20. The second-order valence-electron chi connectivity index (χ2n) is 4.89. The molecule has 0 spiro atoms. The van der Waals surface area contributed by atoms with Crippen molar-refractivity contribution in [1.29, 1.82) is 0 Å². The van der Waals surface area contributed by atoms with Gasteiger partial charge < -0.3 is 0 Å². The van der Waals surface area contributed by atoms with Crippen LogP contribution in [0.2, 0.25) is 0 Å². The van der Waals surface area contributed by atoms with Crippen molar-refractivity contribution < 1.29 is 0 Å². The van der Waals surface area contributed by atoms with Crippen molar-refractivity contribution in [3.8, 4) is 0 Å². The van der Waals surface area contributed by atoms with Crippen LogP contribution in [0.1, 0.15) is 26.3 Å². The average molecular weight is 263 g/mol. The van der Waals surface area contributed by atoms with Gasteiger partial charge in [-0.1, -0.05) is 67.0 Å². The molecule has 0 heterocycles. The molecular formula is C14H15Br. The molecule has 78 valence electrons. The van der Waals surface area contributed by atoms with Crippen molar-refractivity contribution >= 4 is 26.7 Å². The van der Waals surface area contributed by atoms with E-state index >= 15 is 0 Å². The van der Waals surface area contributed by atoms with Crippen LogP contribution in [0.3, 0.4) is 0 Å². The van der Waals surface area contributed by atoms with Crippen LogP contribution >= 0.6 is 15.9 Å². The highest BCUT2D eigenvalue weighted by molar-refractivity contribution is 9.10. The van der Waals surface area contributed by atoms with Crippen LogP contribution in [0.25, 0.3) is 10.8 Å². The van der Waals surface area contributed by atoms with Crippen LogP contribution < -0.4 is 0 Å². The van der Waals surface area contributed by atoms with E-state index in [1.54, 1.807) is 0 Å². The molecule has 0 aromatic heterocycles. The van der Waals surface area contributed by atoms with Crippen molar-refractivity contribution in [3.63, 3.8) is 0 Å². The Morgan fingerprint density at radius 3 is 2.27 bits per heavy atom. The summed E-state index contributed by atoms with van der Waals surface area (Å²) in [5.41, 5.74) is 1.56. The van der Waals surface area contributed by atoms with Crippen LogP contribution in [0, 0.1) is 0 Å². The molecule has 0 radical (unpaired) electrons. The topological polar surface area (TPSA) is 0 Å². The summed E-state index contributed by atoms with van der Waals surface area (Å²) >= 11 is 3.65. The molecule has 0 bridgehead atoms. The van der Waals surface area contributed by atoms with Crippen molar-refractivity contribution in [1.82, 2.24) is 0 Å². The van der Waals surface area contributed by atoms with Gasteiger partial charge in [-0.3, -0.25) is 0 Å². The summed E-state index contributed by atoms with van der Waals surface area (Å²) in [5, 5.41) is 2.66. The van der Waals surface area contributed by atoms with E-state index in [0.717, 1.165) is 0 Å². The van der Waals surface area contributed by atoms with E-state index in [1.165, 1.54) is 20.8 Å². The van der Waals surface area contributed by atoms with Crippen molar-refractivity contribution in [2.75, 3.05) is 0 Å². The summed E-state index contributed by atoms with van der Waals surface area (Å²) in [7, 11) is 0. The smallest absolute Gasteiger partial charge is 0.0219 e. The van der Waals surface area contributed by atoms with Crippen LogP contribution in [0.4, 0.5) is 0 Å². The molecule has 0 aliphatic heterocycles. The van der Waals surface area contributed by atoms with Gasteiger partial charge in [-0.25, -0.2) is 0 Å². The average Bonchev–Trinajstić information content (AvgIpc) is 2.15. The van der Waals surface area contributed by atoms with E-state index < -0.39 is 0 Å². The summed E-state index contributed by atoms with van der Waals surface area (Å²) in [6, 6.07) is 12.8. The first-order valence-corrected chi connectivity index (χ1v) is 5.97. The predicted octanol–water partition coefficient (Wildman–Crippen LogP) is 4.90. The molecule has 2 rings (SSSR count). The van der Waals surface area contributed by atoms with E-state index in [0.29, 0.717) is 0 Å². The third kappa shape index (κ3) is 1.93. The number of hydrogen-bond donors (Lipinski definition) is 0. The molecule has 1 heteroatoms. The molecule has 0 saturated carbocycles. The molecule has 0 amide bonds. The van der Waals surface area contributed by atoms with Gasteiger partial charge in [0.15, 0.2) is 0 Å². The lowest BCUT2D eigenvalue weighted by molar-refractivity contribution is 0.593. The molecule has 2 aromatic carbocycles. The van der Waals surface area contributed by atoms with Crippen LogP contribution in [-0.2, 0) is 5.41 Å². The predicted molar refractivity (Wildman–Crippen MR) is 70.3 cm³/mol. The molecule has 0 fully saturated rings. The molecule has 0 atom stereocenters. The Bertz CT molecular complexity index is 492. The lowest BCUT2D eigenvalue weighted by atomic mass is 9.84. The highest BCUT2D eigenvalue weighted by Crippen LogP contribution is 2.35. The van der Waals surface area contributed by atoms with E-state index in [4.69, 9.17) is 0 Å². The quantitative estimate of drug-likeness (QED) is 0.634. The molecular weight excluding hydrogens is 248 g/mol. The zero-order valence-corrected chi connectivity index (χ0v) is 10.9. The second-order valence-corrected chi connectivity index (χ2v) is 5.75. The molecule has 0 saturated heterocycles. The fraction of sp³-hybridized carbons (Fsp3) is 0.286. The fourth-order valence-electron chi connectivity index (χ4n) is 2.01. The van der Waals surface area contributed by atoms with Gasteiger partial charge in [0, 0.05) is 4.47 Å². The maximum Gasteiger partial charge on any atom is 0.0219 e. The lowest BCUT2D eigenvalue weighted by Gasteiger charge is -2.23. The summed E-state index contributed by atoms with van der Waals surface area (Å²) in [6.45, 7) is 6.75. The number of halogens is 1. The first-order valence-electron chi connectivity index (χ1n) is 5.18. The third-order valence-electron chi connectivity index (χ3n) is 2.63. The van der Waals surface area contributed by atoms with Gasteiger partial charge in [-0.05, 0) is 27.8 Å². The van der Waals surface area contributed by atoms with Crippen LogP contribution in [0.5, 0.6) is 0 Å². The van der Waals surface area contributed by atoms with Crippen LogP contribution in [-0.4, -0.2) is 0 Å². The van der Waals surface area contributed by atoms with Gasteiger partial charge in [0.1, 0.15) is 0 Å². The van der Waals surface area contributed by atoms with Crippen molar-refractivity contribution in [2.24, 2.45) is 0 Å². The molecule has 2 aromatic rings. The number of benzene rings is 2.